The Balaban J connectivity index is 2.31. The molecule has 0 radical (unpaired) electrons. The van der Waals surface area contributed by atoms with Gasteiger partial charge in [0.1, 0.15) is 0 Å². The van der Waals surface area contributed by atoms with Gasteiger partial charge >= 0.3 is 0 Å². The first-order valence-corrected chi connectivity index (χ1v) is 5.47. The number of rotatable bonds is 4. The van der Waals surface area contributed by atoms with Gasteiger partial charge in [0, 0.05) is 19.8 Å². The third kappa shape index (κ3) is 3.32. The molecule has 0 aromatic carbocycles. The van der Waals surface area contributed by atoms with Gasteiger partial charge < -0.3 is 10.1 Å². The lowest BCUT2D eigenvalue weighted by molar-refractivity contribution is 0.0235. The molecular formula is C12H21NO. The number of ether oxygens (including phenoxy) is 1. The van der Waals surface area contributed by atoms with Gasteiger partial charge in [0.25, 0.3) is 0 Å². The zero-order valence-electron chi connectivity index (χ0n) is 9.31. The van der Waals surface area contributed by atoms with Crippen molar-refractivity contribution in [2.45, 2.75) is 39.2 Å². The molecule has 1 heterocycles. The van der Waals surface area contributed by atoms with Crippen molar-refractivity contribution in [2.24, 2.45) is 5.41 Å². The molecule has 0 aromatic rings. The van der Waals surface area contributed by atoms with Gasteiger partial charge in [0.2, 0.25) is 0 Å². The Morgan fingerprint density at radius 2 is 2.14 bits per heavy atom. The molecule has 0 bridgehead atoms. The van der Waals surface area contributed by atoms with Crippen LogP contribution in [0.5, 0.6) is 0 Å². The Kier molecular flexibility index (Phi) is 4.44. The molecule has 14 heavy (non-hydrogen) atoms. The molecule has 1 saturated heterocycles. The van der Waals surface area contributed by atoms with E-state index in [0.29, 0.717) is 5.41 Å². The van der Waals surface area contributed by atoms with Crippen molar-refractivity contribution in [1.29, 1.82) is 0 Å². The van der Waals surface area contributed by atoms with Gasteiger partial charge in [-0.3, -0.25) is 0 Å². The summed E-state index contributed by atoms with van der Waals surface area (Å²) in [6.45, 7) is 7.23. The molecule has 1 aliphatic heterocycles. The quantitative estimate of drug-likeness (QED) is 0.691. The van der Waals surface area contributed by atoms with Gasteiger partial charge in [-0.1, -0.05) is 19.8 Å². The van der Waals surface area contributed by atoms with E-state index in [-0.39, 0.29) is 6.04 Å². The first kappa shape index (κ1) is 11.6. The fourth-order valence-corrected chi connectivity index (χ4v) is 1.73. The van der Waals surface area contributed by atoms with Gasteiger partial charge in [-0.25, -0.2) is 0 Å². The van der Waals surface area contributed by atoms with E-state index < -0.39 is 0 Å². The maximum Gasteiger partial charge on any atom is 0.0684 e. The first-order valence-electron chi connectivity index (χ1n) is 5.47. The average molecular weight is 195 g/mol. The van der Waals surface area contributed by atoms with E-state index in [4.69, 9.17) is 11.2 Å². The minimum Gasteiger partial charge on any atom is -0.381 e. The van der Waals surface area contributed by atoms with Crippen molar-refractivity contribution in [1.82, 2.24) is 5.32 Å². The second-order valence-electron chi connectivity index (χ2n) is 4.43. The fourth-order valence-electron chi connectivity index (χ4n) is 1.73. The van der Waals surface area contributed by atoms with Crippen LogP contribution in [0.15, 0.2) is 0 Å². The third-order valence-electron chi connectivity index (χ3n) is 3.08. The van der Waals surface area contributed by atoms with Crippen LogP contribution in [0.3, 0.4) is 0 Å². The maximum absolute atomic E-state index is 5.40. The summed E-state index contributed by atoms with van der Waals surface area (Å²) >= 11 is 0. The van der Waals surface area contributed by atoms with E-state index in [2.05, 4.69) is 25.1 Å². The smallest absolute Gasteiger partial charge is 0.0684 e. The van der Waals surface area contributed by atoms with Crippen LogP contribution < -0.4 is 5.32 Å². The molecule has 1 N–H and O–H groups in total. The summed E-state index contributed by atoms with van der Waals surface area (Å²) in [6, 6.07) is 0.231. The monoisotopic (exact) mass is 195 g/mol. The van der Waals surface area contributed by atoms with E-state index in [1.165, 1.54) is 0 Å². The van der Waals surface area contributed by atoms with Crippen molar-refractivity contribution >= 4 is 0 Å². The van der Waals surface area contributed by atoms with Crippen molar-refractivity contribution < 1.29 is 4.74 Å². The van der Waals surface area contributed by atoms with Crippen LogP contribution >= 0.6 is 0 Å². The van der Waals surface area contributed by atoms with E-state index in [0.717, 1.165) is 39.0 Å². The Labute approximate surface area is 87.4 Å². The highest BCUT2D eigenvalue weighted by Gasteiger charge is 2.27. The lowest BCUT2D eigenvalue weighted by Gasteiger charge is -2.34. The summed E-state index contributed by atoms with van der Waals surface area (Å²) in [5.41, 5.74) is 0.377. The molecule has 0 aliphatic carbocycles. The van der Waals surface area contributed by atoms with Crippen molar-refractivity contribution in [3.63, 3.8) is 0 Å². The highest BCUT2D eigenvalue weighted by Crippen LogP contribution is 2.28. The molecule has 2 heteroatoms. The predicted molar refractivity (Wildman–Crippen MR) is 59.1 cm³/mol. The van der Waals surface area contributed by atoms with E-state index in [1.54, 1.807) is 0 Å². The number of hydrogen-bond acceptors (Lipinski definition) is 2. The normalized spacial score (nSPS) is 22.6. The van der Waals surface area contributed by atoms with E-state index in [1.807, 2.05) is 0 Å². The average Bonchev–Trinajstić information content (AvgIpc) is 2.20. The maximum atomic E-state index is 5.40. The summed E-state index contributed by atoms with van der Waals surface area (Å²) < 4.78 is 5.36. The van der Waals surface area contributed by atoms with Crippen LogP contribution in [0.2, 0.25) is 0 Å². The van der Waals surface area contributed by atoms with E-state index >= 15 is 0 Å². The Bertz CT molecular complexity index is 201. The highest BCUT2D eigenvalue weighted by molar-refractivity contribution is 4.98. The Morgan fingerprint density at radius 1 is 1.50 bits per heavy atom. The highest BCUT2D eigenvalue weighted by atomic mass is 16.5. The summed E-state index contributed by atoms with van der Waals surface area (Å²) in [7, 11) is 0. The second kappa shape index (κ2) is 5.38. The van der Waals surface area contributed by atoms with Crippen LogP contribution in [0.4, 0.5) is 0 Å². The van der Waals surface area contributed by atoms with E-state index in [9.17, 15) is 0 Å². The minimum atomic E-state index is 0.231. The zero-order valence-corrected chi connectivity index (χ0v) is 9.31. The molecule has 1 unspecified atom stereocenters. The van der Waals surface area contributed by atoms with Crippen molar-refractivity contribution in [2.75, 3.05) is 19.8 Å². The molecule has 0 saturated carbocycles. The van der Waals surface area contributed by atoms with Crippen LogP contribution in [0.1, 0.15) is 33.1 Å². The molecule has 0 amide bonds. The Morgan fingerprint density at radius 3 is 2.64 bits per heavy atom. The summed E-state index contributed by atoms with van der Waals surface area (Å²) in [6.07, 6.45) is 8.69. The minimum absolute atomic E-state index is 0.231. The van der Waals surface area contributed by atoms with Gasteiger partial charge in [-0.2, -0.15) is 0 Å². The van der Waals surface area contributed by atoms with Crippen LogP contribution in [-0.2, 0) is 4.74 Å². The Hall–Kier alpha value is -0.520. The summed E-state index contributed by atoms with van der Waals surface area (Å²) in [4.78, 5) is 0. The van der Waals surface area contributed by atoms with Crippen LogP contribution in [0.25, 0.3) is 0 Å². The van der Waals surface area contributed by atoms with Crippen molar-refractivity contribution in [3.8, 4) is 12.3 Å². The third-order valence-corrected chi connectivity index (χ3v) is 3.08. The van der Waals surface area contributed by atoms with Crippen LogP contribution in [-0.4, -0.2) is 25.8 Å². The SMILES string of the molecule is C#CC(CC)NCC1(C)CCOCC1. The largest absolute Gasteiger partial charge is 0.381 e. The standard InChI is InChI=1S/C12H21NO/c1-4-11(5-2)13-10-12(3)6-8-14-9-7-12/h1,11,13H,5-10H2,2-3H3. The number of nitrogens with one attached hydrogen (secondary N) is 1. The van der Waals surface area contributed by atoms with Gasteiger partial charge in [0.05, 0.1) is 6.04 Å². The molecular weight excluding hydrogens is 174 g/mol. The summed E-state index contributed by atoms with van der Waals surface area (Å²) in [5.74, 6) is 2.77. The fraction of sp³-hybridized carbons (Fsp3) is 0.833. The first-order chi connectivity index (χ1) is 6.70. The van der Waals surface area contributed by atoms with Crippen LogP contribution in [0, 0.1) is 17.8 Å². The summed E-state index contributed by atoms with van der Waals surface area (Å²) in [5, 5.41) is 3.44. The molecule has 1 aliphatic rings. The number of hydrogen-bond donors (Lipinski definition) is 1. The van der Waals surface area contributed by atoms with Gasteiger partial charge in [-0.15, -0.1) is 6.42 Å². The van der Waals surface area contributed by atoms with Crippen molar-refractivity contribution in [3.05, 3.63) is 0 Å². The molecule has 2 nitrogen and oxygen atoms in total. The second-order valence-corrected chi connectivity index (χ2v) is 4.43. The zero-order chi connectivity index (χ0) is 10.4. The molecule has 0 spiro atoms. The van der Waals surface area contributed by atoms with Gasteiger partial charge in [-0.05, 0) is 24.7 Å². The predicted octanol–water partition coefficient (Wildman–Crippen LogP) is 1.80. The molecule has 1 atom stereocenters. The van der Waals surface area contributed by atoms with Gasteiger partial charge in [0.15, 0.2) is 0 Å². The molecule has 1 fully saturated rings. The molecule has 0 aromatic heterocycles. The molecule has 1 rings (SSSR count). The lowest BCUT2D eigenvalue weighted by Crippen LogP contribution is -2.40. The lowest BCUT2D eigenvalue weighted by atomic mass is 9.82. The molecule has 80 valence electrons. The number of terminal acetylenes is 1. The topological polar surface area (TPSA) is 21.3 Å².